The largest absolute Gasteiger partial charge is 0.384 e. The molecule has 0 aliphatic rings. The molecule has 5 nitrogen and oxygen atoms in total. The zero-order valence-electron chi connectivity index (χ0n) is 12.3. The van der Waals surface area contributed by atoms with Crippen LogP contribution >= 0.6 is 0 Å². The highest BCUT2D eigenvalue weighted by Crippen LogP contribution is 2.20. The van der Waals surface area contributed by atoms with Crippen molar-refractivity contribution in [3.8, 4) is 0 Å². The molecule has 0 fully saturated rings. The van der Waals surface area contributed by atoms with Gasteiger partial charge in [0.1, 0.15) is 4.90 Å². The summed E-state index contributed by atoms with van der Waals surface area (Å²) in [5.41, 5.74) is 0.622. The van der Waals surface area contributed by atoms with Crippen LogP contribution in [0, 0.1) is 0 Å². The van der Waals surface area contributed by atoms with E-state index in [2.05, 4.69) is 10.0 Å². The first-order chi connectivity index (χ1) is 9.47. The molecule has 0 bridgehead atoms. The minimum Gasteiger partial charge on any atom is -0.384 e. The summed E-state index contributed by atoms with van der Waals surface area (Å²) in [4.78, 5) is 0.283. The van der Waals surface area contributed by atoms with E-state index in [9.17, 15) is 8.42 Å². The van der Waals surface area contributed by atoms with E-state index < -0.39 is 10.0 Å². The van der Waals surface area contributed by atoms with Gasteiger partial charge in [0.05, 0.1) is 5.69 Å². The lowest BCUT2D eigenvalue weighted by atomic mass is 10.3. The molecule has 0 saturated heterocycles. The quantitative estimate of drug-likeness (QED) is 0.686. The standard InChI is InChI=1S/C14H24N2O3S/c1-4-19-11-7-10-15-13-8-5-6-9-14(13)20(17,18)16-12(2)3/h5-6,8-9,12,15-16H,4,7,10-11H2,1-3H3. The lowest BCUT2D eigenvalue weighted by molar-refractivity contribution is 0.147. The van der Waals surface area contributed by atoms with Gasteiger partial charge in [-0.25, -0.2) is 13.1 Å². The lowest BCUT2D eigenvalue weighted by Gasteiger charge is -2.14. The fourth-order valence-electron chi connectivity index (χ4n) is 1.76. The Hall–Kier alpha value is -1.11. The monoisotopic (exact) mass is 300 g/mol. The van der Waals surface area contributed by atoms with Crippen molar-refractivity contribution in [2.24, 2.45) is 0 Å². The van der Waals surface area contributed by atoms with E-state index >= 15 is 0 Å². The predicted octanol–water partition coefficient (Wildman–Crippen LogP) is 2.21. The molecule has 114 valence electrons. The Bertz CT molecular complexity index is 501. The van der Waals surface area contributed by atoms with Crippen molar-refractivity contribution < 1.29 is 13.2 Å². The third kappa shape index (κ3) is 5.48. The minimum atomic E-state index is -3.48. The Morgan fingerprint density at radius 2 is 1.95 bits per heavy atom. The number of sulfonamides is 1. The highest BCUT2D eigenvalue weighted by molar-refractivity contribution is 7.89. The summed E-state index contributed by atoms with van der Waals surface area (Å²) in [5.74, 6) is 0. The van der Waals surface area contributed by atoms with Crippen molar-refractivity contribution in [1.82, 2.24) is 4.72 Å². The summed E-state index contributed by atoms with van der Waals surface area (Å²) in [5, 5.41) is 3.15. The topological polar surface area (TPSA) is 67.4 Å². The Balaban J connectivity index is 2.73. The van der Waals surface area contributed by atoms with Crippen molar-refractivity contribution in [1.29, 1.82) is 0 Å². The van der Waals surface area contributed by atoms with Gasteiger partial charge >= 0.3 is 0 Å². The van der Waals surface area contributed by atoms with Crippen LogP contribution in [0.1, 0.15) is 27.2 Å². The number of hydrogen-bond donors (Lipinski definition) is 2. The van der Waals surface area contributed by atoms with Gasteiger partial charge in [-0.1, -0.05) is 12.1 Å². The molecule has 0 spiro atoms. The lowest BCUT2D eigenvalue weighted by Crippen LogP contribution is -2.30. The molecule has 0 aliphatic carbocycles. The van der Waals surface area contributed by atoms with Crippen LogP contribution in [0.5, 0.6) is 0 Å². The number of para-hydroxylation sites is 1. The molecule has 0 radical (unpaired) electrons. The normalized spacial score (nSPS) is 11.8. The first kappa shape index (κ1) is 16.9. The summed E-state index contributed by atoms with van der Waals surface area (Å²) in [6.07, 6.45) is 0.833. The number of hydrogen-bond acceptors (Lipinski definition) is 4. The van der Waals surface area contributed by atoms with Gasteiger partial charge < -0.3 is 10.1 Å². The molecule has 1 rings (SSSR count). The van der Waals surface area contributed by atoms with Crippen LogP contribution in [-0.2, 0) is 14.8 Å². The van der Waals surface area contributed by atoms with Gasteiger partial charge in [0.2, 0.25) is 10.0 Å². The number of anilines is 1. The van der Waals surface area contributed by atoms with E-state index in [0.29, 0.717) is 25.4 Å². The Morgan fingerprint density at radius 3 is 2.60 bits per heavy atom. The molecule has 0 amide bonds. The third-order valence-corrected chi connectivity index (χ3v) is 4.27. The van der Waals surface area contributed by atoms with E-state index in [4.69, 9.17) is 4.74 Å². The molecule has 1 aromatic carbocycles. The Kier molecular flexibility index (Phi) is 6.98. The summed E-state index contributed by atoms with van der Waals surface area (Å²) in [6.45, 7) is 7.60. The molecule has 0 saturated carbocycles. The van der Waals surface area contributed by atoms with Gasteiger partial charge in [-0.15, -0.1) is 0 Å². The van der Waals surface area contributed by atoms with Crippen LogP contribution in [-0.4, -0.2) is 34.2 Å². The van der Waals surface area contributed by atoms with Gasteiger partial charge in [-0.3, -0.25) is 0 Å². The molecule has 20 heavy (non-hydrogen) atoms. The summed E-state index contributed by atoms with van der Waals surface area (Å²) < 4.78 is 32.3. The molecule has 0 aromatic heterocycles. The first-order valence-electron chi connectivity index (χ1n) is 6.90. The Morgan fingerprint density at radius 1 is 1.25 bits per heavy atom. The van der Waals surface area contributed by atoms with E-state index in [1.54, 1.807) is 32.0 Å². The van der Waals surface area contributed by atoms with Crippen molar-refractivity contribution >= 4 is 15.7 Å². The average Bonchev–Trinajstić information content (AvgIpc) is 2.37. The number of ether oxygens (including phenoxy) is 1. The van der Waals surface area contributed by atoms with E-state index in [0.717, 1.165) is 6.42 Å². The summed E-state index contributed by atoms with van der Waals surface area (Å²) in [7, 11) is -3.48. The molecule has 0 unspecified atom stereocenters. The first-order valence-corrected chi connectivity index (χ1v) is 8.38. The van der Waals surface area contributed by atoms with Gasteiger partial charge in [0, 0.05) is 25.8 Å². The molecule has 6 heteroatoms. The molecule has 0 aliphatic heterocycles. The fraction of sp³-hybridized carbons (Fsp3) is 0.571. The summed E-state index contributed by atoms with van der Waals surface area (Å²) >= 11 is 0. The maximum Gasteiger partial charge on any atom is 0.242 e. The fourth-order valence-corrected chi connectivity index (χ4v) is 3.20. The summed E-state index contributed by atoms with van der Waals surface area (Å²) in [6, 6.07) is 6.79. The van der Waals surface area contributed by atoms with E-state index in [-0.39, 0.29) is 10.9 Å². The van der Waals surface area contributed by atoms with Crippen molar-refractivity contribution in [2.45, 2.75) is 38.1 Å². The van der Waals surface area contributed by atoms with Crippen molar-refractivity contribution in [3.05, 3.63) is 24.3 Å². The second kappa shape index (κ2) is 8.24. The SMILES string of the molecule is CCOCCCNc1ccccc1S(=O)(=O)NC(C)C. The van der Waals surface area contributed by atoms with Crippen LogP contribution in [0.2, 0.25) is 0 Å². The van der Waals surface area contributed by atoms with Crippen LogP contribution < -0.4 is 10.0 Å². The van der Waals surface area contributed by atoms with Gasteiger partial charge in [-0.05, 0) is 39.3 Å². The van der Waals surface area contributed by atoms with Gasteiger partial charge in [0.15, 0.2) is 0 Å². The third-order valence-electron chi connectivity index (χ3n) is 2.55. The molecule has 0 atom stereocenters. The van der Waals surface area contributed by atoms with E-state index in [1.807, 2.05) is 13.0 Å². The van der Waals surface area contributed by atoms with E-state index in [1.165, 1.54) is 0 Å². The number of nitrogens with one attached hydrogen (secondary N) is 2. The van der Waals surface area contributed by atoms with Crippen LogP contribution in [0.25, 0.3) is 0 Å². The zero-order chi connectivity index (χ0) is 15.0. The van der Waals surface area contributed by atoms with Gasteiger partial charge in [-0.2, -0.15) is 0 Å². The molecular weight excluding hydrogens is 276 g/mol. The van der Waals surface area contributed by atoms with Crippen LogP contribution in [0.4, 0.5) is 5.69 Å². The Labute approximate surface area is 121 Å². The highest BCUT2D eigenvalue weighted by Gasteiger charge is 2.18. The van der Waals surface area contributed by atoms with Gasteiger partial charge in [0.25, 0.3) is 0 Å². The number of benzene rings is 1. The zero-order valence-corrected chi connectivity index (χ0v) is 13.2. The van der Waals surface area contributed by atoms with Crippen LogP contribution in [0.3, 0.4) is 0 Å². The smallest absolute Gasteiger partial charge is 0.242 e. The van der Waals surface area contributed by atoms with Crippen molar-refractivity contribution in [3.63, 3.8) is 0 Å². The highest BCUT2D eigenvalue weighted by atomic mass is 32.2. The minimum absolute atomic E-state index is 0.133. The maximum atomic E-state index is 12.2. The predicted molar refractivity (Wildman–Crippen MR) is 81.5 cm³/mol. The van der Waals surface area contributed by atoms with Crippen LogP contribution in [0.15, 0.2) is 29.2 Å². The molecule has 1 aromatic rings. The second-order valence-electron chi connectivity index (χ2n) is 4.75. The molecule has 0 heterocycles. The molecular formula is C14H24N2O3S. The maximum absolute atomic E-state index is 12.2. The molecule has 2 N–H and O–H groups in total. The van der Waals surface area contributed by atoms with Crippen molar-refractivity contribution in [2.75, 3.05) is 25.1 Å². The second-order valence-corrected chi connectivity index (χ2v) is 6.43. The number of rotatable bonds is 9. The average molecular weight is 300 g/mol.